The fourth-order valence-corrected chi connectivity index (χ4v) is 5.26. The van der Waals surface area contributed by atoms with Crippen molar-refractivity contribution in [3.8, 4) is 6.07 Å². The fraction of sp³-hybridized carbons (Fsp3) is 0.429. The maximum atomic E-state index is 14.5. The fourth-order valence-electron chi connectivity index (χ4n) is 5.26. The highest BCUT2D eigenvalue weighted by Crippen LogP contribution is 2.39. The number of aryl methyl sites for hydroxylation is 1. The number of hydrogen-bond donors (Lipinski definition) is 1. The molecule has 0 aliphatic carbocycles. The lowest BCUT2D eigenvalue weighted by molar-refractivity contribution is -0.139. The van der Waals surface area contributed by atoms with Crippen molar-refractivity contribution >= 4 is 23.4 Å². The SMILES string of the molecule is Cc1cccc(C(=O)NC(C(=O)N2CCC3(CC2)C(=O)N(C)CN3c2ccc(C#N)cc2)C(C)C)c1F. The molecule has 1 N–H and O–H groups in total. The van der Waals surface area contributed by atoms with Crippen molar-refractivity contribution in [3.63, 3.8) is 0 Å². The zero-order valence-electron chi connectivity index (χ0n) is 21.6. The zero-order valence-corrected chi connectivity index (χ0v) is 21.6. The van der Waals surface area contributed by atoms with Crippen LogP contribution in [0, 0.1) is 30.0 Å². The van der Waals surface area contributed by atoms with E-state index in [4.69, 9.17) is 5.26 Å². The molecule has 1 spiro atoms. The van der Waals surface area contributed by atoms with E-state index in [9.17, 15) is 18.8 Å². The molecule has 9 heteroatoms. The number of halogens is 1. The van der Waals surface area contributed by atoms with Crippen molar-refractivity contribution in [2.24, 2.45) is 5.92 Å². The number of rotatable bonds is 5. The van der Waals surface area contributed by atoms with Gasteiger partial charge < -0.3 is 20.0 Å². The van der Waals surface area contributed by atoms with Crippen LogP contribution in [-0.4, -0.2) is 65.9 Å². The van der Waals surface area contributed by atoms with Crippen LogP contribution in [-0.2, 0) is 9.59 Å². The summed E-state index contributed by atoms with van der Waals surface area (Å²) in [5.41, 5.74) is 0.891. The van der Waals surface area contributed by atoms with Gasteiger partial charge >= 0.3 is 0 Å². The average Bonchev–Trinajstić information content (AvgIpc) is 3.13. The van der Waals surface area contributed by atoms with Gasteiger partial charge in [-0.3, -0.25) is 14.4 Å². The Morgan fingerprint density at radius 2 is 1.76 bits per heavy atom. The molecular formula is C28H32FN5O3. The molecular weight excluding hydrogens is 473 g/mol. The molecule has 0 saturated carbocycles. The van der Waals surface area contributed by atoms with Gasteiger partial charge in [0.2, 0.25) is 11.8 Å². The highest BCUT2D eigenvalue weighted by Gasteiger charge is 2.53. The standard InChI is InChI=1S/C28H32FN5O3/c1-18(2)24(31-25(35)22-7-5-6-19(3)23(22)29)26(36)33-14-12-28(13-15-33)27(37)32(4)17-34(28)21-10-8-20(16-30)9-11-21/h5-11,18,24H,12-15,17H2,1-4H3,(H,31,35). The Balaban J connectivity index is 1.50. The Labute approximate surface area is 216 Å². The van der Waals surface area contributed by atoms with E-state index in [1.807, 2.05) is 26.0 Å². The quantitative estimate of drug-likeness (QED) is 0.674. The van der Waals surface area contributed by atoms with E-state index >= 15 is 0 Å². The molecule has 2 aromatic rings. The first-order valence-electron chi connectivity index (χ1n) is 12.5. The summed E-state index contributed by atoms with van der Waals surface area (Å²) in [7, 11) is 1.76. The number of piperidine rings is 1. The van der Waals surface area contributed by atoms with E-state index in [0.717, 1.165) is 5.69 Å². The molecule has 2 saturated heterocycles. The van der Waals surface area contributed by atoms with Crippen molar-refractivity contribution in [2.45, 2.75) is 45.2 Å². The molecule has 2 aliphatic heterocycles. The summed E-state index contributed by atoms with van der Waals surface area (Å²) in [4.78, 5) is 45.1. The second-order valence-electron chi connectivity index (χ2n) is 10.2. The van der Waals surface area contributed by atoms with Crippen LogP contribution in [0.15, 0.2) is 42.5 Å². The highest BCUT2D eigenvalue weighted by molar-refractivity contribution is 5.98. The summed E-state index contributed by atoms with van der Waals surface area (Å²) in [6, 6.07) is 13.1. The van der Waals surface area contributed by atoms with Crippen LogP contribution in [0.1, 0.15) is 48.2 Å². The highest BCUT2D eigenvalue weighted by atomic mass is 19.1. The van der Waals surface area contributed by atoms with Crippen molar-refractivity contribution in [1.29, 1.82) is 5.26 Å². The van der Waals surface area contributed by atoms with Gasteiger partial charge in [-0.25, -0.2) is 4.39 Å². The van der Waals surface area contributed by atoms with Gasteiger partial charge in [-0.2, -0.15) is 5.26 Å². The van der Waals surface area contributed by atoms with Gasteiger partial charge in [0.25, 0.3) is 5.91 Å². The summed E-state index contributed by atoms with van der Waals surface area (Å²) >= 11 is 0. The Kier molecular flexibility index (Phi) is 7.21. The second kappa shape index (κ2) is 10.2. The minimum absolute atomic E-state index is 0.00703. The molecule has 1 atom stereocenters. The predicted octanol–water partition coefficient (Wildman–Crippen LogP) is 3.06. The third-order valence-electron chi connectivity index (χ3n) is 7.48. The molecule has 3 amide bonds. The monoisotopic (exact) mass is 505 g/mol. The van der Waals surface area contributed by atoms with Crippen molar-refractivity contribution in [1.82, 2.24) is 15.1 Å². The number of amides is 3. The van der Waals surface area contributed by atoms with Crippen molar-refractivity contribution in [2.75, 3.05) is 31.7 Å². The van der Waals surface area contributed by atoms with Gasteiger partial charge in [-0.05, 0) is 61.6 Å². The number of benzene rings is 2. The Hall–Kier alpha value is -3.93. The summed E-state index contributed by atoms with van der Waals surface area (Å²) in [5.74, 6) is -1.67. The molecule has 4 rings (SSSR count). The number of hydrogen-bond acceptors (Lipinski definition) is 5. The molecule has 8 nitrogen and oxygen atoms in total. The molecule has 0 radical (unpaired) electrons. The number of likely N-dealkylation sites (N-methyl/N-ethyl adjacent to an activating group) is 1. The van der Waals surface area contributed by atoms with Crippen LogP contribution in [0.4, 0.5) is 10.1 Å². The number of carbonyl (C=O) groups is 3. The summed E-state index contributed by atoms with van der Waals surface area (Å²) < 4.78 is 14.5. The largest absolute Gasteiger partial charge is 0.341 e. The maximum Gasteiger partial charge on any atom is 0.254 e. The first-order valence-corrected chi connectivity index (χ1v) is 12.5. The normalized spacial score (nSPS) is 17.8. The van der Waals surface area contributed by atoms with Crippen molar-refractivity contribution in [3.05, 3.63) is 65.0 Å². The van der Waals surface area contributed by atoms with E-state index in [1.165, 1.54) is 6.07 Å². The lowest BCUT2D eigenvalue weighted by Crippen LogP contribution is -2.60. The number of carbonyl (C=O) groups excluding carboxylic acids is 3. The predicted molar refractivity (Wildman–Crippen MR) is 137 cm³/mol. The average molecular weight is 506 g/mol. The second-order valence-corrected chi connectivity index (χ2v) is 10.2. The molecule has 0 bridgehead atoms. The minimum atomic E-state index is -0.821. The smallest absolute Gasteiger partial charge is 0.254 e. The third kappa shape index (κ3) is 4.76. The molecule has 0 aromatic heterocycles. The molecule has 37 heavy (non-hydrogen) atoms. The van der Waals surface area contributed by atoms with Gasteiger partial charge in [0.15, 0.2) is 0 Å². The van der Waals surface area contributed by atoms with Gasteiger partial charge in [-0.1, -0.05) is 26.0 Å². The molecule has 1 unspecified atom stereocenters. The minimum Gasteiger partial charge on any atom is -0.341 e. The maximum absolute atomic E-state index is 14.5. The van der Waals surface area contributed by atoms with Crippen LogP contribution in [0.2, 0.25) is 0 Å². The van der Waals surface area contributed by atoms with Gasteiger partial charge in [0.1, 0.15) is 17.4 Å². The lowest BCUT2D eigenvalue weighted by Gasteiger charge is -2.44. The topological polar surface area (TPSA) is 96.8 Å². The first kappa shape index (κ1) is 26.1. The van der Waals surface area contributed by atoms with Gasteiger partial charge in [0, 0.05) is 25.8 Å². The zero-order chi connectivity index (χ0) is 26.9. The summed E-state index contributed by atoms with van der Waals surface area (Å²) in [5, 5.41) is 11.9. The molecule has 2 aromatic carbocycles. The van der Waals surface area contributed by atoms with Gasteiger partial charge in [0.05, 0.1) is 23.9 Å². The molecule has 2 heterocycles. The number of nitriles is 1. The van der Waals surface area contributed by atoms with E-state index in [-0.39, 0.29) is 23.3 Å². The van der Waals surface area contributed by atoms with Crippen LogP contribution >= 0.6 is 0 Å². The van der Waals surface area contributed by atoms with Crippen molar-refractivity contribution < 1.29 is 18.8 Å². The van der Waals surface area contributed by atoms with E-state index < -0.39 is 23.3 Å². The van der Waals surface area contributed by atoms with Crippen LogP contribution in [0.3, 0.4) is 0 Å². The van der Waals surface area contributed by atoms with Crippen LogP contribution in [0.25, 0.3) is 0 Å². The summed E-state index contributed by atoms with van der Waals surface area (Å²) in [6.07, 6.45) is 0.875. The molecule has 2 aliphatic rings. The van der Waals surface area contributed by atoms with Crippen LogP contribution < -0.4 is 10.2 Å². The summed E-state index contributed by atoms with van der Waals surface area (Å²) in [6.45, 7) is 6.38. The lowest BCUT2D eigenvalue weighted by atomic mass is 9.85. The number of nitrogens with zero attached hydrogens (tertiary/aromatic N) is 4. The van der Waals surface area contributed by atoms with Crippen LogP contribution in [0.5, 0.6) is 0 Å². The number of anilines is 1. The Morgan fingerprint density at radius 1 is 1.11 bits per heavy atom. The molecule has 194 valence electrons. The number of likely N-dealkylation sites (tertiary alicyclic amines) is 1. The Morgan fingerprint density at radius 3 is 2.35 bits per heavy atom. The first-order chi connectivity index (χ1) is 17.6. The third-order valence-corrected chi connectivity index (χ3v) is 7.48. The van der Waals surface area contributed by atoms with E-state index in [0.29, 0.717) is 43.7 Å². The Bertz CT molecular complexity index is 1250. The number of nitrogens with one attached hydrogen (secondary N) is 1. The van der Waals surface area contributed by atoms with Gasteiger partial charge in [-0.15, -0.1) is 0 Å². The van der Waals surface area contributed by atoms with E-state index in [2.05, 4.69) is 16.3 Å². The van der Waals surface area contributed by atoms with E-state index in [1.54, 1.807) is 48.0 Å². The molecule has 2 fully saturated rings.